The lowest BCUT2D eigenvalue weighted by Crippen LogP contribution is -2.17. The molecule has 5 aromatic rings. The summed E-state index contributed by atoms with van der Waals surface area (Å²) in [5.41, 5.74) is 6.65. The number of amidine groups is 1. The number of thioether (sulfide) groups is 1. The van der Waals surface area contributed by atoms with Gasteiger partial charge < -0.3 is 15.9 Å². The minimum absolute atomic E-state index is 0.133. The molecule has 0 fully saturated rings. The highest BCUT2D eigenvalue weighted by molar-refractivity contribution is 8.72. The quantitative estimate of drug-likeness (QED) is 0.0609. The van der Waals surface area contributed by atoms with Gasteiger partial charge in [0.15, 0.2) is 5.17 Å². The van der Waals surface area contributed by atoms with Gasteiger partial charge in [0.2, 0.25) is 14.4 Å². The van der Waals surface area contributed by atoms with Gasteiger partial charge in [-0.25, -0.2) is 15.0 Å². The predicted octanol–water partition coefficient (Wildman–Crippen LogP) is 9.98. The molecule has 2 heterocycles. The van der Waals surface area contributed by atoms with Crippen LogP contribution in [-0.4, -0.2) is 34.6 Å². The van der Waals surface area contributed by atoms with Gasteiger partial charge >= 0.3 is 0 Å². The molecule has 0 bridgehead atoms. The van der Waals surface area contributed by atoms with Crippen LogP contribution in [0.3, 0.4) is 0 Å². The molecule has 256 valence electrons. The van der Waals surface area contributed by atoms with Crippen molar-refractivity contribution < 1.29 is 8.42 Å². The third-order valence-electron chi connectivity index (χ3n) is 5.31. The standard InChI is InChI=1S/C16H19N3S.C12H10O2S2.C5H6N2.C5H9N/c1-16(2,3)19-15(18-13-8-7-11-17-12-13)20-14-9-5-4-6-10-14;13-16(14,12-9-5-2-6-10-12)15-11-7-3-1-4-8-11;6-5-2-1-3-7-4-5;1-5(2,3)6-4/h4-12H,1-3H3,(H,18,19);1-10H;1-4H,6H2;1-3H3. The maximum absolute atomic E-state index is 12.0. The molecule has 49 heavy (non-hydrogen) atoms. The van der Waals surface area contributed by atoms with E-state index in [-0.39, 0.29) is 11.1 Å². The van der Waals surface area contributed by atoms with E-state index < -0.39 is 8.87 Å². The molecule has 0 atom stereocenters. The third kappa shape index (κ3) is 19.1. The van der Waals surface area contributed by atoms with Crippen molar-refractivity contribution in [3.63, 3.8) is 0 Å². The molecule has 0 aliphatic rings. The first-order chi connectivity index (χ1) is 23.2. The zero-order valence-corrected chi connectivity index (χ0v) is 31.1. The molecular weight excluding hydrogens is 669 g/mol. The average Bonchev–Trinajstić information content (AvgIpc) is 3.07. The number of aromatic nitrogens is 2. The molecule has 2 aromatic heterocycles. The third-order valence-corrected chi connectivity index (χ3v) is 9.55. The van der Waals surface area contributed by atoms with Gasteiger partial charge in [-0.05, 0) is 81.4 Å². The molecule has 0 spiro atoms. The van der Waals surface area contributed by atoms with Crippen LogP contribution in [0.4, 0.5) is 11.4 Å². The largest absolute Gasteiger partial charge is 0.397 e. The van der Waals surface area contributed by atoms with Gasteiger partial charge in [-0.3, -0.25) is 15.0 Å². The van der Waals surface area contributed by atoms with Crippen molar-refractivity contribution >= 4 is 48.0 Å². The molecule has 0 unspecified atom stereocenters. The average molecular weight is 713 g/mol. The lowest BCUT2D eigenvalue weighted by atomic mass is 10.1. The van der Waals surface area contributed by atoms with Crippen LogP contribution < -0.4 is 11.1 Å². The molecule has 3 N–H and O–H groups in total. The van der Waals surface area contributed by atoms with Crippen molar-refractivity contribution in [2.24, 2.45) is 4.99 Å². The molecule has 8 nitrogen and oxygen atoms in total. The van der Waals surface area contributed by atoms with Gasteiger partial charge in [0.05, 0.1) is 28.0 Å². The molecule has 11 heteroatoms. The van der Waals surface area contributed by atoms with Crippen LogP contribution in [0.25, 0.3) is 4.85 Å². The minimum Gasteiger partial charge on any atom is -0.397 e. The SMILES string of the molecule is CC(C)(C)N=C(Nc1cccnc1)Sc1ccccc1.Nc1cccnc1.O=S(=O)(Sc1ccccc1)c1ccccc1.[C-]#[N+]C(C)(C)C. The monoisotopic (exact) mass is 712 g/mol. The maximum atomic E-state index is 12.0. The summed E-state index contributed by atoms with van der Waals surface area (Å²) in [4.78, 5) is 18.1. The lowest BCUT2D eigenvalue weighted by molar-refractivity contribution is 0.585. The van der Waals surface area contributed by atoms with E-state index in [9.17, 15) is 8.42 Å². The zero-order chi connectivity index (χ0) is 36.2. The van der Waals surface area contributed by atoms with Gasteiger partial charge in [-0.1, -0.05) is 66.4 Å². The fourth-order valence-corrected chi connectivity index (χ4v) is 6.98. The van der Waals surface area contributed by atoms with Crippen LogP contribution in [0.5, 0.6) is 0 Å². The number of rotatable bonds is 5. The summed E-state index contributed by atoms with van der Waals surface area (Å²) in [5, 5.41) is 4.21. The first-order valence-electron chi connectivity index (χ1n) is 15.3. The number of pyridine rings is 2. The Labute approximate surface area is 299 Å². The fraction of sp³-hybridized carbons (Fsp3) is 0.211. The number of nitrogens with two attached hydrogens (primary N) is 1. The number of nitrogens with zero attached hydrogens (tertiary/aromatic N) is 4. The van der Waals surface area contributed by atoms with E-state index in [1.165, 1.54) is 0 Å². The summed E-state index contributed by atoms with van der Waals surface area (Å²) in [7, 11) is -2.43. The number of hydrogen-bond acceptors (Lipinski definition) is 8. The van der Waals surface area contributed by atoms with Crippen molar-refractivity contribution in [2.75, 3.05) is 11.1 Å². The van der Waals surface area contributed by atoms with Gasteiger partial charge in [0, 0.05) is 59.9 Å². The van der Waals surface area contributed by atoms with E-state index in [2.05, 4.69) is 53.0 Å². The van der Waals surface area contributed by atoms with Gasteiger partial charge in [-0.2, -0.15) is 0 Å². The number of anilines is 2. The summed E-state index contributed by atoms with van der Waals surface area (Å²) in [6, 6.07) is 35.2. The van der Waals surface area contributed by atoms with E-state index in [0.29, 0.717) is 10.6 Å². The Morgan fingerprint density at radius 1 is 0.735 bits per heavy atom. The summed E-state index contributed by atoms with van der Waals surface area (Å²) in [6.45, 7) is 18.4. The summed E-state index contributed by atoms with van der Waals surface area (Å²) < 4.78 is 23.9. The number of nitrogen functional groups attached to an aromatic ring is 1. The van der Waals surface area contributed by atoms with Crippen molar-refractivity contribution in [3.05, 3.63) is 151 Å². The van der Waals surface area contributed by atoms with Crippen molar-refractivity contribution in [1.29, 1.82) is 0 Å². The summed E-state index contributed by atoms with van der Waals surface area (Å²) in [5.74, 6) is 0. The first kappa shape index (κ1) is 40.5. The Balaban J connectivity index is 0.000000254. The highest BCUT2D eigenvalue weighted by Gasteiger charge is 2.15. The molecule has 0 saturated carbocycles. The number of benzene rings is 3. The highest BCUT2D eigenvalue weighted by Crippen LogP contribution is 2.30. The van der Waals surface area contributed by atoms with Crippen LogP contribution in [0.1, 0.15) is 41.5 Å². The van der Waals surface area contributed by atoms with Crippen LogP contribution in [0.2, 0.25) is 0 Å². The molecule has 0 aliphatic carbocycles. The number of aliphatic imine (C=N–C) groups is 1. The van der Waals surface area contributed by atoms with Crippen molar-refractivity contribution in [3.8, 4) is 0 Å². The van der Waals surface area contributed by atoms with Crippen molar-refractivity contribution in [1.82, 2.24) is 9.97 Å². The predicted molar refractivity (Wildman–Crippen MR) is 208 cm³/mol. The maximum Gasteiger partial charge on any atom is 0.234 e. The van der Waals surface area contributed by atoms with E-state index >= 15 is 0 Å². The number of hydrogen-bond donors (Lipinski definition) is 2. The lowest BCUT2D eigenvalue weighted by Gasteiger charge is -2.17. The van der Waals surface area contributed by atoms with E-state index in [4.69, 9.17) is 17.3 Å². The highest BCUT2D eigenvalue weighted by atomic mass is 33.1. The molecule has 0 radical (unpaired) electrons. The Bertz CT molecular complexity index is 1760. The smallest absolute Gasteiger partial charge is 0.234 e. The Kier molecular flexibility index (Phi) is 17.1. The van der Waals surface area contributed by atoms with E-state index in [1.807, 2.05) is 69.3 Å². The second kappa shape index (κ2) is 20.7. The first-order valence-corrected chi connectivity index (χ1v) is 18.9. The normalized spacial score (nSPS) is 11.2. The molecular formula is C38H44N6O2S3. The van der Waals surface area contributed by atoms with Crippen LogP contribution in [0.15, 0.2) is 160 Å². The van der Waals surface area contributed by atoms with Gasteiger partial charge in [0.25, 0.3) is 0 Å². The van der Waals surface area contributed by atoms with E-state index in [0.717, 1.165) is 31.4 Å². The minimum atomic E-state index is -3.30. The van der Waals surface area contributed by atoms with Crippen LogP contribution in [-0.2, 0) is 8.87 Å². The second-order valence-electron chi connectivity index (χ2n) is 12.1. The zero-order valence-electron chi connectivity index (χ0n) is 28.7. The topological polar surface area (TPSA) is 115 Å². The van der Waals surface area contributed by atoms with Gasteiger partial charge in [-0.15, -0.1) is 0 Å². The van der Waals surface area contributed by atoms with E-state index in [1.54, 1.807) is 91.1 Å². The van der Waals surface area contributed by atoms with Gasteiger partial charge in [0.1, 0.15) is 0 Å². The Hall–Kier alpha value is -4.63. The molecule has 0 amide bonds. The van der Waals surface area contributed by atoms with Crippen LogP contribution >= 0.6 is 22.6 Å². The Morgan fingerprint density at radius 3 is 1.63 bits per heavy atom. The second-order valence-corrected chi connectivity index (χ2v) is 17.0. The molecule has 3 aromatic carbocycles. The molecule has 0 saturated heterocycles. The Morgan fingerprint density at radius 2 is 1.22 bits per heavy atom. The van der Waals surface area contributed by atoms with Crippen molar-refractivity contribution in [2.45, 2.75) is 67.3 Å². The van der Waals surface area contributed by atoms with Crippen LogP contribution in [0, 0.1) is 6.57 Å². The molecule has 5 rings (SSSR count). The summed E-state index contributed by atoms with van der Waals surface area (Å²) >= 11 is 1.62. The molecule has 0 aliphatic heterocycles. The summed E-state index contributed by atoms with van der Waals surface area (Å²) in [6.07, 6.45) is 6.86. The fourth-order valence-electron chi connectivity index (χ4n) is 3.16. The number of nitrogens with one attached hydrogen (secondary N) is 1.